The second-order valence-electron chi connectivity index (χ2n) is 4.97. The van der Waals surface area contributed by atoms with Crippen molar-refractivity contribution in [2.75, 3.05) is 11.4 Å². The van der Waals surface area contributed by atoms with Crippen LogP contribution in [0.15, 0.2) is 22.7 Å². The predicted octanol–water partition coefficient (Wildman–Crippen LogP) is 2.38. The number of primary amides is 1. The number of carbonyl (C=O) groups is 2. The molecule has 108 valence electrons. The van der Waals surface area contributed by atoms with E-state index in [1.54, 1.807) is 12.1 Å². The highest BCUT2D eigenvalue weighted by Crippen LogP contribution is 2.33. The van der Waals surface area contributed by atoms with Gasteiger partial charge in [0.25, 0.3) is 0 Å². The van der Waals surface area contributed by atoms with Gasteiger partial charge in [-0.2, -0.15) is 0 Å². The Bertz CT molecular complexity index is 533. The topological polar surface area (TPSA) is 83.6 Å². The highest BCUT2D eigenvalue weighted by molar-refractivity contribution is 9.10. The monoisotopic (exact) mass is 340 g/mol. The Balaban J connectivity index is 2.27. The summed E-state index contributed by atoms with van der Waals surface area (Å²) in [6.07, 6.45) is 3.09. The van der Waals surface area contributed by atoms with Crippen LogP contribution >= 0.6 is 15.9 Å². The quantitative estimate of drug-likeness (QED) is 0.881. The maximum Gasteiger partial charge on any atom is 0.305 e. The number of hydrogen-bond donors (Lipinski definition) is 2. The second-order valence-corrected chi connectivity index (χ2v) is 5.83. The number of piperidine rings is 1. The lowest BCUT2D eigenvalue weighted by Crippen LogP contribution is -2.41. The SMILES string of the molecule is NC(=O)c1ccc(N2CCCCC2CC(=O)O)c(Br)c1. The molecule has 0 bridgehead atoms. The lowest BCUT2D eigenvalue weighted by atomic mass is 9.98. The van der Waals surface area contributed by atoms with E-state index in [0.717, 1.165) is 36.0 Å². The van der Waals surface area contributed by atoms with E-state index in [0.29, 0.717) is 5.56 Å². The van der Waals surface area contributed by atoms with Gasteiger partial charge < -0.3 is 15.7 Å². The summed E-state index contributed by atoms with van der Waals surface area (Å²) in [6, 6.07) is 5.18. The third-order valence-electron chi connectivity index (χ3n) is 3.58. The van der Waals surface area contributed by atoms with Gasteiger partial charge in [0.05, 0.1) is 12.1 Å². The van der Waals surface area contributed by atoms with Gasteiger partial charge in [-0.3, -0.25) is 9.59 Å². The van der Waals surface area contributed by atoms with Crippen molar-refractivity contribution in [1.29, 1.82) is 0 Å². The molecule has 1 aliphatic rings. The average molecular weight is 341 g/mol. The third kappa shape index (κ3) is 3.30. The minimum absolute atomic E-state index is 0.00280. The molecule has 0 aliphatic carbocycles. The minimum Gasteiger partial charge on any atom is -0.481 e. The molecule has 2 rings (SSSR count). The highest BCUT2D eigenvalue weighted by Gasteiger charge is 2.26. The van der Waals surface area contributed by atoms with Crippen LogP contribution in [-0.4, -0.2) is 29.6 Å². The number of benzene rings is 1. The van der Waals surface area contributed by atoms with Gasteiger partial charge >= 0.3 is 5.97 Å². The molecule has 1 aromatic rings. The number of carboxylic acid groups (broad SMARTS) is 1. The van der Waals surface area contributed by atoms with Gasteiger partial charge in [0.2, 0.25) is 5.91 Å². The van der Waals surface area contributed by atoms with Gasteiger partial charge in [0.1, 0.15) is 0 Å². The number of halogens is 1. The molecule has 6 heteroatoms. The van der Waals surface area contributed by atoms with E-state index in [1.165, 1.54) is 0 Å². The predicted molar refractivity (Wildman–Crippen MR) is 79.9 cm³/mol. The van der Waals surface area contributed by atoms with Crippen molar-refractivity contribution in [2.24, 2.45) is 5.73 Å². The van der Waals surface area contributed by atoms with E-state index in [9.17, 15) is 9.59 Å². The molecule has 1 atom stereocenters. The number of rotatable bonds is 4. The van der Waals surface area contributed by atoms with Crippen LogP contribution in [-0.2, 0) is 4.79 Å². The first kappa shape index (κ1) is 14.8. The number of carboxylic acids is 1. The van der Waals surface area contributed by atoms with Crippen molar-refractivity contribution in [1.82, 2.24) is 0 Å². The van der Waals surface area contributed by atoms with Gasteiger partial charge in [-0.1, -0.05) is 0 Å². The van der Waals surface area contributed by atoms with Gasteiger partial charge in [-0.15, -0.1) is 0 Å². The molecule has 0 spiro atoms. The van der Waals surface area contributed by atoms with Crippen LogP contribution in [0.3, 0.4) is 0 Å². The fourth-order valence-corrected chi connectivity index (χ4v) is 3.23. The lowest BCUT2D eigenvalue weighted by Gasteiger charge is -2.37. The number of aliphatic carboxylic acids is 1. The fraction of sp³-hybridized carbons (Fsp3) is 0.429. The Morgan fingerprint density at radius 3 is 2.75 bits per heavy atom. The van der Waals surface area contributed by atoms with Gasteiger partial charge in [0.15, 0.2) is 0 Å². The summed E-state index contributed by atoms with van der Waals surface area (Å²) in [4.78, 5) is 24.2. The Kier molecular flexibility index (Phi) is 4.65. The number of hydrogen-bond acceptors (Lipinski definition) is 3. The first-order valence-electron chi connectivity index (χ1n) is 6.57. The van der Waals surface area contributed by atoms with Crippen LogP contribution in [0.1, 0.15) is 36.0 Å². The molecule has 1 aliphatic heterocycles. The molecule has 1 saturated heterocycles. The summed E-state index contributed by atoms with van der Waals surface area (Å²) in [6.45, 7) is 0.826. The van der Waals surface area contributed by atoms with Crippen molar-refractivity contribution < 1.29 is 14.7 Å². The Hall–Kier alpha value is -1.56. The Labute approximate surface area is 125 Å². The smallest absolute Gasteiger partial charge is 0.305 e. The molecule has 1 amide bonds. The van der Waals surface area contributed by atoms with E-state index in [1.807, 2.05) is 6.07 Å². The third-order valence-corrected chi connectivity index (χ3v) is 4.21. The molecule has 3 N–H and O–H groups in total. The molecule has 1 aromatic carbocycles. The molecule has 1 unspecified atom stereocenters. The molecule has 0 aromatic heterocycles. The first-order valence-corrected chi connectivity index (χ1v) is 7.36. The minimum atomic E-state index is -0.785. The summed E-state index contributed by atoms with van der Waals surface area (Å²) in [7, 11) is 0. The van der Waals surface area contributed by atoms with Crippen LogP contribution in [0.4, 0.5) is 5.69 Å². The number of nitrogens with two attached hydrogens (primary N) is 1. The summed E-state index contributed by atoms with van der Waals surface area (Å²) < 4.78 is 0.770. The van der Waals surface area contributed by atoms with Crippen LogP contribution < -0.4 is 10.6 Å². The van der Waals surface area contributed by atoms with Crippen molar-refractivity contribution in [3.63, 3.8) is 0 Å². The van der Waals surface area contributed by atoms with Crippen LogP contribution in [0.25, 0.3) is 0 Å². The molecule has 0 radical (unpaired) electrons. The summed E-state index contributed by atoms with van der Waals surface area (Å²) >= 11 is 3.45. The lowest BCUT2D eigenvalue weighted by molar-refractivity contribution is -0.137. The largest absolute Gasteiger partial charge is 0.481 e. The zero-order valence-corrected chi connectivity index (χ0v) is 12.6. The molecule has 1 fully saturated rings. The molecule has 20 heavy (non-hydrogen) atoms. The number of carbonyl (C=O) groups excluding carboxylic acids is 1. The van der Waals surface area contributed by atoms with Crippen molar-refractivity contribution in [3.8, 4) is 0 Å². The van der Waals surface area contributed by atoms with E-state index in [-0.39, 0.29) is 12.5 Å². The summed E-state index contributed by atoms with van der Waals surface area (Å²) in [5, 5.41) is 9.02. The van der Waals surface area contributed by atoms with Crippen molar-refractivity contribution >= 4 is 33.5 Å². The van der Waals surface area contributed by atoms with E-state index < -0.39 is 11.9 Å². The van der Waals surface area contributed by atoms with E-state index in [4.69, 9.17) is 10.8 Å². The molecule has 1 heterocycles. The average Bonchev–Trinajstić information content (AvgIpc) is 2.39. The highest BCUT2D eigenvalue weighted by atomic mass is 79.9. The standard InChI is InChI=1S/C14H17BrN2O3/c15-11-7-9(14(16)20)4-5-12(11)17-6-2-1-3-10(17)8-13(18)19/h4-5,7,10H,1-3,6,8H2,(H2,16,20)(H,18,19). The van der Waals surface area contributed by atoms with Crippen molar-refractivity contribution in [3.05, 3.63) is 28.2 Å². The zero-order valence-electron chi connectivity index (χ0n) is 11.0. The van der Waals surface area contributed by atoms with Gasteiger partial charge in [-0.25, -0.2) is 0 Å². The summed E-state index contributed by atoms with van der Waals surface area (Å²) in [5.74, 6) is -1.26. The second kappa shape index (κ2) is 6.26. The summed E-state index contributed by atoms with van der Waals surface area (Å²) in [5.41, 5.74) is 6.61. The number of nitrogens with zero attached hydrogens (tertiary/aromatic N) is 1. The maximum absolute atomic E-state index is 11.2. The van der Waals surface area contributed by atoms with Crippen LogP contribution in [0, 0.1) is 0 Å². The molecular formula is C14H17BrN2O3. The molecular weight excluding hydrogens is 324 g/mol. The molecule has 0 saturated carbocycles. The first-order chi connectivity index (χ1) is 9.49. The van der Waals surface area contributed by atoms with Crippen molar-refractivity contribution in [2.45, 2.75) is 31.7 Å². The Morgan fingerprint density at radius 2 is 2.15 bits per heavy atom. The number of anilines is 1. The van der Waals surface area contributed by atoms with Gasteiger partial charge in [0, 0.05) is 22.6 Å². The van der Waals surface area contributed by atoms with E-state index in [2.05, 4.69) is 20.8 Å². The van der Waals surface area contributed by atoms with Crippen LogP contribution in [0.5, 0.6) is 0 Å². The van der Waals surface area contributed by atoms with Gasteiger partial charge in [-0.05, 0) is 53.4 Å². The van der Waals surface area contributed by atoms with Crippen LogP contribution in [0.2, 0.25) is 0 Å². The fourth-order valence-electron chi connectivity index (χ4n) is 2.62. The maximum atomic E-state index is 11.2. The normalized spacial score (nSPS) is 18.9. The zero-order chi connectivity index (χ0) is 14.7. The number of amides is 1. The molecule has 5 nitrogen and oxygen atoms in total. The van der Waals surface area contributed by atoms with E-state index >= 15 is 0 Å². The Morgan fingerprint density at radius 1 is 1.40 bits per heavy atom.